The number of hydrogen-bond acceptors (Lipinski definition) is 6. The molecule has 2 atom stereocenters. The van der Waals surface area contributed by atoms with E-state index in [1.807, 2.05) is 49.5 Å². The highest BCUT2D eigenvalue weighted by atomic mass is 32.2. The van der Waals surface area contributed by atoms with Crippen molar-refractivity contribution in [1.82, 2.24) is 4.98 Å². The van der Waals surface area contributed by atoms with E-state index in [0.29, 0.717) is 12.4 Å². The van der Waals surface area contributed by atoms with Crippen molar-refractivity contribution in [2.45, 2.75) is 31.7 Å². The highest BCUT2D eigenvalue weighted by Crippen LogP contribution is 2.26. The number of nitrogens with zero attached hydrogens (tertiary/aromatic N) is 1. The molecule has 5 nitrogen and oxygen atoms in total. The van der Waals surface area contributed by atoms with Gasteiger partial charge in [-0.15, -0.1) is 0 Å². The molecule has 4 rings (SSSR count). The van der Waals surface area contributed by atoms with E-state index >= 15 is 0 Å². The Morgan fingerprint density at radius 2 is 2.03 bits per heavy atom. The molecule has 1 aliphatic heterocycles. The number of aromatic nitrogens is 1. The topological polar surface area (TPSA) is 52.6 Å². The molecule has 0 spiro atoms. The van der Waals surface area contributed by atoms with Gasteiger partial charge in [-0.3, -0.25) is 0 Å². The summed E-state index contributed by atoms with van der Waals surface area (Å²) in [4.78, 5) is 4.77. The minimum absolute atomic E-state index is 0.213. The van der Waals surface area contributed by atoms with Crippen LogP contribution in [-0.4, -0.2) is 43.4 Å². The average molecular weight is 443 g/mol. The van der Waals surface area contributed by atoms with Crippen LogP contribution in [0.1, 0.15) is 19.3 Å². The first-order chi connectivity index (χ1) is 15.2. The van der Waals surface area contributed by atoms with E-state index in [1.54, 1.807) is 0 Å². The van der Waals surface area contributed by atoms with E-state index in [-0.39, 0.29) is 36.9 Å². The number of rotatable bonds is 9. The molecule has 0 saturated carbocycles. The molecule has 1 aliphatic rings. The lowest BCUT2D eigenvalue weighted by molar-refractivity contribution is -0.188. The van der Waals surface area contributed by atoms with Crippen LogP contribution in [-0.2, 0) is 9.47 Å². The summed E-state index contributed by atoms with van der Waals surface area (Å²) in [6, 6.07) is 18.0. The molecular formula is C24H27FN2O3S. The molecule has 0 radical (unpaired) electrons. The minimum atomic E-state index is -0.366. The maximum Gasteiger partial charge on any atom is 0.158 e. The highest BCUT2D eigenvalue weighted by molar-refractivity contribution is 7.94. The second-order valence-corrected chi connectivity index (χ2v) is 8.07. The zero-order chi connectivity index (χ0) is 21.5. The first-order valence-corrected chi connectivity index (χ1v) is 11.5. The lowest BCUT2D eigenvalue weighted by Gasteiger charge is -2.27. The van der Waals surface area contributed by atoms with Gasteiger partial charge >= 0.3 is 0 Å². The fourth-order valence-electron chi connectivity index (χ4n) is 3.58. The van der Waals surface area contributed by atoms with Crippen molar-refractivity contribution in [3.8, 4) is 17.0 Å². The number of hydrogen-bond donors (Lipinski definition) is 1. The van der Waals surface area contributed by atoms with Gasteiger partial charge in [0.1, 0.15) is 18.5 Å². The summed E-state index contributed by atoms with van der Waals surface area (Å²) in [5.41, 5.74) is 3.94. The third-order valence-corrected chi connectivity index (χ3v) is 5.79. The second kappa shape index (κ2) is 10.8. The Morgan fingerprint density at radius 1 is 1.16 bits per heavy atom. The van der Waals surface area contributed by atoms with Crippen molar-refractivity contribution < 1.29 is 18.1 Å². The number of ether oxygens (including phenoxy) is 3. The molecule has 31 heavy (non-hydrogen) atoms. The maximum absolute atomic E-state index is 12.9. The Kier molecular flexibility index (Phi) is 7.61. The van der Waals surface area contributed by atoms with Gasteiger partial charge in [0.25, 0.3) is 0 Å². The smallest absolute Gasteiger partial charge is 0.158 e. The fourth-order valence-corrected chi connectivity index (χ4v) is 3.90. The van der Waals surface area contributed by atoms with E-state index in [1.165, 1.54) is 0 Å². The molecule has 0 bridgehead atoms. The number of pyridine rings is 1. The Bertz CT molecular complexity index is 980. The van der Waals surface area contributed by atoms with E-state index in [0.717, 1.165) is 47.1 Å². The molecule has 3 aromatic rings. The van der Waals surface area contributed by atoms with Gasteiger partial charge in [0.05, 0.1) is 17.0 Å². The zero-order valence-electron chi connectivity index (χ0n) is 17.6. The predicted octanol–water partition coefficient (Wildman–Crippen LogP) is 5.85. The molecule has 1 N–H and O–H groups in total. The summed E-state index contributed by atoms with van der Waals surface area (Å²) in [6.45, 7) is 0.964. The number of benzene rings is 2. The Labute approximate surface area is 186 Å². The summed E-state index contributed by atoms with van der Waals surface area (Å²) in [5.74, 6) is 0.924. The van der Waals surface area contributed by atoms with Crippen LogP contribution in [0.4, 0.5) is 9.57 Å². The van der Waals surface area contributed by atoms with Gasteiger partial charge in [-0.1, -0.05) is 18.2 Å². The average Bonchev–Trinajstić information content (AvgIpc) is 2.83. The first-order valence-electron chi connectivity index (χ1n) is 10.6. The maximum atomic E-state index is 12.9. The van der Waals surface area contributed by atoms with Gasteiger partial charge in [0.15, 0.2) is 6.29 Å². The van der Waals surface area contributed by atoms with Gasteiger partial charge in [-0.25, -0.2) is 4.98 Å². The molecule has 1 aromatic heterocycles. The van der Waals surface area contributed by atoms with Gasteiger partial charge in [-0.2, -0.15) is 3.89 Å². The van der Waals surface area contributed by atoms with Gasteiger partial charge in [-0.05, 0) is 55.7 Å². The monoisotopic (exact) mass is 442 g/mol. The number of nitrogens with one attached hydrogen (secondary N) is 1. The lowest BCUT2D eigenvalue weighted by atomic mass is 10.1. The number of halogens is 1. The number of fused-ring (bicyclic) bond motifs is 1. The molecular weight excluding hydrogens is 415 g/mol. The third-order valence-electron chi connectivity index (χ3n) is 5.30. The molecule has 0 amide bonds. The Morgan fingerprint density at radius 3 is 2.77 bits per heavy atom. The normalized spacial score (nSPS) is 17.4. The van der Waals surface area contributed by atoms with E-state index in [2.05, 4.69) is 17.4 Å². The summed E-state index contributed by atoms with van der Waals surface area (Å²) in [7, 11) is 1.90. The SMILES string of the molecule is CNc1ccc(-c2ccc3cc(OCC(CSF)OC4CCCCO4)ccc3n2)cc1. The van der Waals surface area contributed by atoms with Crippen molar-refractivity contribution in [3.63, 3.8) is 0 Å². The van der Waals surface area contributed by atoms with Crippen molar-refractivity contribution in [2.24, 2.45) is 0 Å². The Balaban J connectivity index is 1.41. The Hall–Kier alpha value is -2.35. The quantitative estimate of drug-likeness (QED) is 0.448. The second-order valence-electron chi connectivity index (χ2n) is 7.52. The standard InChI is InChI=1S/C24H27FN2O3S/c1-26-19-8-5-17(6-9-19)22-11-7-18-14-20(10-12-23(18)27-22)29-15-21(16-31-25)30-24-4-2-3-13-28-24/h5-12,14,21,24,26H,2-4,13,15-16H2,1H3. The van der Waals surface area contributed by atoms with Crippen LogP contribution in [0.5, 0.6) is 5.75 Å². The van der Waals surface area contributed by atoms with Crippen molar-refractivity contribution in [3.05, 3.63) is 54.6 Å². The minimum Gasteiger partial charge on any atom is -0.491 e. The largest absolute Gasteiger partial charge is 0.491 e. The van der Waals surface area contributed by atoms with Gasteiger partial charge in [0.2, 0.25) is 0 Å². The van der Waals surface area contributed by atoms with Gasteiger partial charge in [0, 0.05) is 42.4 Å². The summed E-state index contributed by atoms with van der Waals surface area (Å²) < 4.78 is 30.3. The van der Waals surface area contributed by atoms with Crippen LogP contribution in [0.2, 0.25) is 0 Å². The zero-order valence-corrected chi connectivity index (χ0v) is 18.4. The molecule has 164 valence electrons. The highest BCUT2D eigenvalue weighted by Gasteiger charge is 2.21. The molecule has 1 fully saturated rings. The van der Waals surface area contributed by atoms with E-state index in [9.17, 15) is 3.89 Å². The summed E-state index contributed by atoms with van der Waals surface area (Å²) >= 11 is 0.263. The van der Waals surface area contributed by atoms with Crippen molar-refractivity contribution in [2.75, 3.05) is 31.3 Å². The summed E-state index contributed by atoms with van der Waals surface area (Å²) in [5, 5.41) is 4.11. The summed E-state index contributed by atoms with van der Waals surface area (Å²) in [6.07, 6.45) is 2.33. The van der Waals surface area contributed by atoms with Crippen LogP contribution in [0.3, 0.4) is 0 Å². The fraction of sp³-hybridized carbons (Fsp3) is 0.375. The van der Waals surface area contributed by atoms with Crippen LogP contribution < -0.4 is 10.1 Å². The van der Waals surface area contributed by atoms with E-state index < -0.39 is 0 Å². The lowest BCUT2D eigenvalue weighted by Crippen LogP contribution is -2.32. The van der Waals surface area contributed by atoms with Gasteiger partial charge < -0.3 is 19.5 Å². The molecule has 2 heterocycles. The van der Waals surface area contributed by atoms with Crippen LogP contribution in [0.25, 0.3) is 22.2 Å². The van der Waals surface area contributed by atoms with Crippen LogP contribution in [0, 0.1) is 0 Å². The van der Waals surface area contributed by atoms with E-state index in [4.69, 9.17) is 19.2 Å². The van der Waals surface area contributed by atoms with Crippen molar-refractivity contribution in [1.29, 1.82) is 0 Å². The molecule has 2 unspecified atom stereocenters. The molecule has 2 aromatic carbocycles. The molecule has 0 aliphatic carbocycles. The predicted molar refractivity (Wildman–Crippen MR) is 124 cm³/mol. The van der Waals surface area contributed by atoms with Crippen LogP contribution >= 0.6 is 12.1 Å². The first kappa shape index (κ1) is 21.9. The third kappa shape index (κ3) is 5.87. The molecule has 7 heteroatoms. The van der Waals surface area contributed by atoms with Crippen LogP contribution in [0.15, 0.2) is 54.6 Å². The number of anilines is 1. The van der Waals surface area contributed by atoms with Crippen molar-refractivity contribution >= 4 is 28.7 Å². The molecule has 1 saturated heterocycles.